The predicted molar refractivity (Wildman–Crippen MR) is 93.5 cm³/mol. The van der Waals surface area contributed by atoms with E-state index in [9.17, 15) is 8.42 Å². The summed E-state index contributed by atoms with van der Waals surface area (Å²) in [5.74, 6) is 0.319. The molecular formula is C15H21BrN4O2S. The standard InChI is InChI=1S/C15H21BrN4O2S/c16-12-6-8-14(9-7-12)23(21,22)19-15-17-10-20(11-18-15)13-4-2-1-3-5-13/h6-9,13H,1-5,10-11H2,(H2,17,18,19). The van der Waals surface area contributed by atoms with E-state index >= 15 is 0 Å². The summed E-state index contributed by atoms with van der Waals surface area (Å²) in [4.78, 5) is 6.84. The van der Waals surface area contributed by atoms with Gasteiger partial charge in [0.1, 0.15) is 0 Å². The lowest BCUT2D eigenvalue weighted by Crippen LogP contribution is -2.53. The van der Waals surface area contributed by atoms with Gasteiger partial charge in [-0.05, 0) is 37.1 Å². The van der Waals surface area contributed by atoms with Gasteiger partial charge in [0, 0.05) is 10.5 Å². The maximum atomic E-state index is 12.3. The van der Waals surface area contributed by atoms with Crippen LogP contribution in [0.2, 0.25) is 0 Å². The van der Waals surface area contributed by atoms with Crippen LogP contribution >= 0.6 is 15.9 Å². The van der Waals surface area contributed by atoms with Crippen LogP contribution in [0.3, 0.4) is 0 Å². The zero-order valence-corrected chi connectivity index (χ0v) is 15.2. The molecule has 1 aliphatic heterocycles. The molecule has 126 valence electrons. The predicted octanol–water partition coefficient (Wildman–Crippen LogP) is 2.24. The summed E-state index contributed by atoms with van der Waals surface area (Å²) in [5.41, 5.74) is 0. The van der Waals surface area contributed by atoms with Crippen LogP contribution in [0.25, 0.3) is 0 Å². The summed E-state index contributed by atoms with van der Waals surface area (Å²) in [6, 6.07) is 7.09. The van der Waals surface area contributed by atoms with Crippen LogP contribution in [-0.2, 0) is 10.0 Å². The van der Waals surface area contributed by atoms with E-state index in [1.807, 2.05) is 0 Å². The van der Waals surface area contributed by atoms with Crippen LogP contribution in [0, 0.1) is 0 Å². The normalized spacial score (nSPS) is 20.7. The van der Waals surface area contributed by atoms with Gasteiger partial charge in [0.2, 0.25) is 5.96 Å². The number of hydrogen-bond acceptors (Lipinski definition) is 5. The Kier molecular flexibility index (Phi) is 5.23. The fraction of sp³-hybridized carbons (Fsp3) is 0.533. The Hall–Kier alpha value is -1.12. The van der Waals surface area contributed by atoms with E-state index in [1.54, 1.807) is 24.3 Å². The fourth-order valence-corrected chi connectivity index (χ4v) is 4.27. The Morgan fingerprint density at radius 3 is 2.48 bits per heavy atom. The Bertz CT molecular complexity index is 669. The lowest BCUT2D eigenvalue weighted by atomic mass is 9.94. The molecular weight excluding hydrogens is 380 g/mol. The van der Waals surface area contributed by atoms with Crippen molar-refractivity contribution in [1.29, 1.82) is 0 Å². The third-order valence-electron chi connectivity index (χ3n) is 4.31. The Morgan fingerprint density at radius 1 is 1.17 bits per heavy atom. The first kappa shape index (κ1) is 16.7. The number of sulfonamides is 1. The summed E-state index contributed by atoms with van der Waals surface area (Å²) >= 11 is 3.30. The minimum Gasteiger partial charge on any atom is -0.343 e. The van der Waals surface area contributed by atoms with Crippen LogP contribution in [0.1, 0.15) is 32.1 Å². The van der Waals surface area contributed by atoms with E-state index in [-0.39, 0.29) is 4.90 Å². The van der Waals surface area contributed by atoms with Crippen molar-refractivity contribution in [1.82, 2.24) is 14.9 Å². The van der Waals surface area contributed by atoms with Gasteiger partial charge in [0.05, 0.1) is 18.2 Å². The van der Waals surface area contributed by atoms with Crippen molar-refractivity contribution in [2.45, 2.75) is 43.0 Å². The monoisotopic (exact) mass is 400 g/mol. The van der Waals surface area contributed by atoms with E-state index in [0.29, 0.717) is 25.3 Å². The van der Waals surface area contributed by atoms with Gasteiger partial charge in [0.15, 0.2) is 0 Å². The van der Waals surface area contributed by atoms with Crippen LogP contribution in [0.4, 0.5) is 0 Å². The molecule has 0 aromatic heterocycles. The first-order valence-corrected chi connectivity index (χ1v) is 10.1. The molecule has 0 atom stereocenters. The summed E-state index contributed by atoms with van der Waals surface area (Å²) in [6.45, 7) is 1.17. The first-order chi connectivity index (χ1) is 11.0. The van der Waals surface area contributed by atoms with Gasteiger partial charge in [0.25, 0.3) is 10.0 Å². The molecule has 1 saturated carbocycles. The molecule has 1 heterocycles. The van der Waals surface area contributed by atoms with Gasteiger partial charge in [-0.2, -0.15) is 0 Å². The molecule has 23 heavy (non-hydrogen) atoms. The maximum absolute atomic E-state index is 12.3. The highest BCUT2D eigenvalue weighted by Crippen LogP contribution is 2.22. The van der Waals surface area contributed by atoms with Crippen LogP contribution in [0.5, 0.6) is 0 Å². The highest BCUT2D eigenvalue weighted by molar-refractivity contribution is 9.10. The van der Waals surface area contributed by atoms with E-state index < -0.39 is 10.0 Å². The van der Waals surface area contributed by atoms with Crippen molar-refractivity contribution in [2.24, 2.45) is 4.99 Å². The highest BCUT2D eigenvalue weighted by Gasteiger charge is 2.24. The van der Waals surface area contributed by atoms with Gasteiger partial charge in [-0.15, -0.1) is 0 Å². The minimum atomic E-state index is -3.60. The van der Waals surface area contributed by atoms with Gasteiger partial charge in [-0.3, -0.25) is 4.90 Å². The van der Waals surface area contributed by atoms with Crippen molar-refractivity contribution in [3.63, 3.8) is 0 Å². The van der Waals surface area contributed by atoms with Gasteiger partial charge >= 0.3 is 0 Å². The topological polar surface area (TPSA) is 73.8 Å². The average molecular weight is 401 g/mol. The third-order valence-corrected chi connectivity index (χ3v) is 6.19. The van der Waals surface area contributed by atoms with E-state index in [1.165, 1.54) is 32.1 Å². The second kappa shape index (κ2) is 7.19. The minimum absolute atomic E-state index is 0.222. The number of hydrogen-bond donors (Lipinski definition) is 2. The second-order valence-corrected chi connectivity index (χ2v) is 8.52. The molecule has 1 aromatic rings. The molecule has 0 radical (unpaired) electrons. The van der Waals surface area contributed by atoms with Gasteiger partial charge < -0.3 is 5.32 Å². The smallest absolute Gasteiger partial charge is 0.264 e. The molecule has 0 unspecified atom stereocenters. The van der Waals surface area contributed by atoms with E-state index in [2.05, 4.69) is 35.9 Å². The summed E-state index contributed by atoms with van der Waals surface area (Å²) in [5, 5.41) is 3.08. The maximum Gasteiger partial charge on any atom is 0.264 e. The van der Waals surface area contributed by atoms with Crippen molar-refractivity contribution < 1.29 is 8.42 Å². The Labute approximate surface area is 145 Å². The zero-order chi connectivity index (χ0) is 16.3. The van der Waals surface area contributed by atoms with Gasteiger partial charge in [-0.25, -0.2) is 18.1 Å². The molecule has 8 heteroatoms. The Balaban J connectivity index is 1.62. The highest BCUT2D eigenvalue weighted by atomic mass is 79.9. The number of aliphatic imine (C=N–C) groups is 1. The number of rotatable bonds is 3. The number of nitrogens with one attached hydrogen (secondary N) is 2. The quantitative estimate of drug-likeness (QED) is 0.815. The molecule has 2 N–H and O–H groups in total. The summed E-state index contributed by atoms with van der Waals surface area (Å²) < 4.78 is 28.0. The SMILES string of the molecule is O=S(=O)(NC1=NCN(C2CCCCC2)CN1)c1ccc(Br)cc1. The molecule has 0 spiro atoms. The van der Waals surface area contributed by atoms with Crippen molar-refractivity contribution in [3.05, 3.63) is 28.7 Å². The largest absolute Gasteiger partial charge is 0.343 e. The van der Waals surface area contributed by atoms with Crippen LogP contribution < -0.4 is 10.0 Å². The molecule has 1 aliphatic carbocycles. The molecule has 6 nitrogen and oxygen atoms in total. The van der Waals surface area contributed by atoms with Crippen molar-refractivity contribution in [3.8, 4) is 0 Å². The first-order valence-electron chi connectivity index (χ1n) is 7.85. The Morgan fingerprint density at radius 2 is 1.87 bits per heavy atom. The number of nitrogens with zero attached hydrogens (tertiary/aromatic N) is 2. The molecule has 0 amide bonds. The number of halogens is 1. The number of guanidine groups is 1. The molecule has 2 aliphatic rings. The third kappa shape index (κ3) is 4.24. The summed E-state index contributed by atoms with van der Waals surface area (Å²) in [6.07, 6.45) is 6.27. The molecule has 3 rings (SSSR count). The fourth-order valence-electron chi connectivity index (χ4n) is 3.00. The van der Waals surface area contributed by atoms with Crippen molar-refractivity contribution >= 4 is 31.9 Å². The lowest BCUT2D eigenvalue weighted by Gasteiger charge is -2.35. The summed E-state index contributed by atoms with van der Waals surface area (Å²) in [7, 11) is -3.60. The second-order valence-electron chi connectivity index (χ2n) is 5.92. The molecule has 1 aromatic carbocycles. The van der Waals surface area contributed by atoms with E-state index in [4.69, 9.17) is 0 Å². The molecule has 1 fully saturated rings. The molecule has 0 saturated heterocycles. The zero-order valence-electron chi connectivity index (χ0n) is 12.8. The average Bonchev–Trinajstić information content (AvgIpc) is 2.56. The molecule has 0 bridgehead atoms. The van der Waals surface area contributed by atoms with Crippen LogP contribution in [0.15, 0.2) is 38.6 Å². The lowest BCUT2D eigenvalue weighted by molar-refractivity contribution is 0.149. The van der Waals surface area contributed by atoms with E-state index in [0.717, 1.165) is 4.47 Å². The van der Waals surface area contributed by atoms with Gasteiger partial charge in [-0.1, -0.05) is 35.2 Å². The van der Waals surface area contributed by atoms with Crippen LogP contribution in [-0.4, -0.2) is 38.7 Å². The number of benzene rings is 1. The van der Waals surface area contributed by atoms with Crippen molar-refractivity contribution in [2.75, 3.05) is 13.3 Å².